The molecule has 1 heterocycles. The molecule has 0 aliphatic heterocycles. The van der Waals surface area contributed by atoms with Crippen molar-refractivity contribution in [3.63, 3.8) is 0 Å². The van der Waals surface area contributed by atoms with E-state index in [9.17, 15) is 0 Å². The first-order valence-electron chi connectivity index (χ1n) is 10.9. The highest BCUT2D eigenvalue weighted by Gasteiger charge is 2.40. The number of ether oxygens (including phenoxy) is 1. The fraction of sp³-hybridized carbons (Fsp3) is 0.0690. The van der Waals surface area contributed by atoms with E-state index in [1.165, 1.54) is 0 Å². The van der Waals surface area contributed by atoms with Crippen molar-refractivity contribution >= 4 is 11.6 Å². The van der Waals surface area contributed by atoms with Crippen molar-refractivity contribution in [2.75, 3.05) is 0 Å². The largest absolute Gasteiger partial charge is 0.472 e. The van der Waals surface area contributed by atoms with Crippen LogP contribution in [0.2, 0.25) is 5.02 Å². The molecule has 0 atom stereocenters. The molecule has 4 heteroatoms. The smallest absolute Gasteiger partial charge is 0.233 e. The van der Waals surface area contributed by atoms with Crippen LogP contribution in [0.25, 0.3) is 0 Å². The van der Waals surface area contributed by atoms with Gasteiger partial charge in [-0.25, -0.2) is 4.68 Å². The van der Waals surface area contributed by atoms with Crippen molar-refractivity contribution < 1.29 is 4.74 Å². The second kappa shape index (κ2) is 9.35. The molecule has 1 aromatic heterocycles. The average molecular weight is 451 g/mol. The van der Waals surface area contributed by atoms with Crippen molar-refractivity contribution in [3.05, 3.63) is 155 Å². The van der Waals surface area contributed by atoms with Gasteiger partial charge in [0.25, 0.3) is 0 Å². The van der Waals surface area contributed by atoms with Gasteiger partial charge in [-0.1, -0.05) is 121 Å². The summed E-state index contributed by atoms with van der Waals surface area (Å²) in [4.78, 5) is 0. The van der Waals surface area contributed by atoms with Gasteiger partial charge < -0.3 is 4.74 Å². The molecule has 0 radical (unpaired) electrons. The Morgan fingerprint density at radius 3 is 1.82 bits per heavy atom. The molecule has 0 aliphatic rings. The van der Waals surface area contributed by atoms with Gasteiger partial charge in [0, 0.05) is 22.8 Å². The highest BCUT2D eigenvalue weighted by Crippen LogP contribution is 2.43. The zero-order valence-electron chi connectivity index (χ0n) is 18.0. The number of benzene rings is 4. The molecular formula is C29H23ClN2O. The molecule has 0 fully saturated rings. The molecule has 3 nitrogen and oxygen atoms in total. The van der Waals surface area contributed by atoms with Crippen molar-refractivity contribution in [1.29, 1.82) is 0 Å². The predicted octanol–water partition coefficient (Wildman–Crippen LogP) is 6.96. The normalized spacial score (nSPS) is 11.3. The monoisotopic (exact) mass is 450 g/mol. The van der Waals surface area contributed by atoms with Crippen molar-refractivity contribution in [1.82, 2.24) is 9.78 Å². The third kappa shape index (κ3) is 4.04. The Bertz CT molecular complexity index is 1280. The SMILES string of the molecule is Clc1ccccc1C(c1ccccc1)(c1ccccc1)n1ccc(OCc2ccccc2)n1. The molecule has 0 N–H and O–H groups in total. The van der Waals surface area contributed by atoms with Crippen LogP contribution in [0.5, 0.6) is 5.88 Å². The summed E-state index contributed by atoms with van der Waals surface area (Å²) >= 11 is 6.83. The standard InChI is InChI=1S/C29H23ClN2O/c30-27-19-11-10-18-26(27)29(24-14-6-2-7-15-24,25-16-8-3-9-17-25)32-21-20-28(31-32)33-22-23-12-4-1-5-13-23/h1-21H,22H2. The fourth-order valence-electron chi connectivity index (χ4n) is 4.28. The van der Waals surface area contributed by atoms with Gasteiger partial charge in [-0.15, -0.1) is 5.10 Å². The van der Waals surface area contributed by atoms with Crippen LogP contribution >= 0.6 is 11.6 Å². The summed E-state index contributed by atoms with van der Waals surface area (Å²) in [5.74, 6) is 0.558. The Balaban J connectivity index is 1.68. The van der Waals surface area contributed by atoms with E-state index in [0.717, 1.165) is 22.3 Å². The lowest BCUT2D eigenvalue weighted by Gasteiger charge is -2.36. The number of aromatic nitrogens is 2. The molecule has 0 saturated carbocycles. The van der Waals surface area contributed by atoms with Gasteiger partial charge in [0.05, 0.1) is 0 Å². The molecular weight excluding hydrogens is 428 g/mol. The maximum absolute atomic E-state index is 6.83. The summed E-state index contributed by atoms with van der Waals surface area (Å²) in [5, 5.41) is 5.58. The van der Waals surface area contributed by atoms with Gasteiger partial charge in [-0.05, 0) is 22.8 Å². The molecule has 0 saturated heterocycles. The first kappa shape index (κ1) is 21.0. The molecule has 4 aromatic carbocycles. The van der Waals surface area contributed by atoms with E-state index in [2.05, 4.69) is 30.3 Å². The Morgan fingerprint density at radius 1 is 0.667 bits per heavy atom. The number of hydrogen-bond acceptors (Lipinski definition) is 2. The first-order chi connectivity index (χ1) is 16.3. The minimum Gasteiger partial charge on any atom is -0.472 e. The topological polar surface area (TPSA) is 27.1 Å². The molecule has 0 aliphatic carbocycles. The molecule has 33 heavy (non-hydrogen) atoms. The Labute approximate surface area is 198 Å². The van der Waals surface area contributed by atoms with Crippen LogP contribution in [0.1, 0.15) is 22.3 Å². The molecule has 0 unspecified atom stereocenters. The predicted molar refractivity (Wildman–Crippen MR) is 133 cm³/mol. The van der Waals surface area contributed by atoms with Crippen LogP contribution in [-0.4, -0.2) is 9.78 Å². The average Bonchev–Trinajstić information content (AvgIpc) is 3.36. The van der Waals surface area contributed by atoms with E-state index in [4.69, 9.17) is 21.4 Å². The molecule has 162 valence electrons. The van der Waals surface area contributed by atoms with Crippen LogP contribution in [0, 0.1) is 0 Å². The maximum atomic E-state index is 6.83. The number of halogens is 1. The summed E-state index contributed by atoms with van der Waals surface area (Å²) < 4.78 is 8.00. The Hall–Kier alpha value is -3.82. The molecule has 0 bridgehead atoms. The van der Waals surface area contributed by atoms with Crippen LogP contribution in [0.15, 0.2) is 128 Å². The lowest BCUT2D eigenvalue weighted by molar-refractivity contribution is 0.285. The summed E-state index contributed by atoms with van der Waals surface area (Å²) in [6, 6.07) is 40.6. The maximum Gasteiger partial charge on any atom is 0.233 e. The minimum atomic E-state index is -0.769. The highest BCUT2D eigenvalue weighted by atomic mass is 35.5. The first-order valence-corrected chi connectivity index (χ1v) is 11.3. The molecule has 5 rings (SSSR count). The van der Waals surface area contributed by atoms with E-state index in [1.54, 1.807) is 0 Å². The van der Waals surface area contributed by atoms with Crippen LogP contribution < -0.4 is 4.74 Å². The zero-order valence-corrected chi connectivity index (χ0v) is 18.8. The van der Waals surface area contributed by atoms with Gasteiger partial charge in [0.15, 0.2) is 0 Å². The van der Waals surface area contributed by atoms with Crippen LogP contribution in [0.3, 0.4) is 0 Å². The fourth-order valence-corrected chi connectivity index (χ4v) is 4.55. The lowest BCUT2D eigenvalue weighted by Crippen LogP contribution is -2.38. The summed E-state index contributed by atoms with van der Waals surface area (Å²) in [6.07, 6.45) is 1.96. The van der Waals surface area contributed by atoms with Gasteiger partial charge in [0.2, 0.25) is 5.88 Å². The van der Waals surface area contributed by atoms with Gasteiger partial charge in [-0.3, -0.25) is 0 Å². The highest BCUT2D eigenvalue weighted by molar-refractivity contribution is 6.31. The van der Waals surface area contributed by atoms with Crippen LogP contribution in [0.4, 0.5) is 0 Å². The second-order valence-corrected chi connectivity index (χ2v) is 8.20. The Morgan fingerprint density at radius 2 is 1.21 bits per heavy atom. The Kier molecular flexibility index (Phi) is 5.97. The third-order valence-corrected chi connectivity index (χ3v) is 6.11. The van der Waals surface area contributed by atoms with E-state index in [0.29, 0.717) is 17.5 Å². The van der Waals surface area contributed by atoms with Crippen molar-refractivity contribution in [3.8, 4) is 5.88 Å². The van der Waals surface area contributed by atoms with Gasteiger partial charge in [-0.2, -0.15) is 0 Å². The molecule has 0 spiro atoms. The summed E-state index contributed by atoms with van der Waals surface area (Å²) in [6.45, 7) is 0.452. The summed E-state index contributed by atoms with van der Waals surface area (Å²) in [5.41, 5.74) is 3.39. The van der Waals surface area contributed by atoms with Gasteiger partial charge >= 0.3 is 0 Å². The second-order valence-electron chi connectivity index (χ2n) is 7.80. The molecule has 5 aromatic rings. The zero-order chi connectivity index (χ0) is 22.5. The van der Waals surface area contributed by atoms with E-state index in [1.807, 2.05) is 102 Å². The summed E-state index contributed by atoms with van der Waals surface area (Å²) in [7, 11) is 0. The van der Waals surface area contributed by atoms with E-state index < -0.39 is 5.54 Å². The van der Waals surface area contributed by atoms with Crippen molar-refractivity contribution in [2.24, 2.45) is 0 Å². The molecule has 0 amide bonds. The number of hydrogen-bond donors (Lipinski definition) is 0. The van der Waals surface area contributed by atoms with Crippen molar-refractivity contribution in [2.45, 2.75) is 12.1 Å². The quantitative estimate of drug-likeness (QED) is 0.251. The van der Waals surface area contributed by atoms with Crippen LogP contribution in [-0.2, 0) is 12.1 Å². The van der Waals surface area contributed by atoms with Gasteiger partial charge in [0.1, 0.15) is 12.1 Å². The minimum absolute atomic E-state index is 0.452. The van der Waals surface area contributed by atoms with E-state index >= 15 is 0 Å². The van der Waals surface area contributed by atoms with E-state index in [-0.39, 0.29) is 0 Å². The number of nitrogens with zero attached hydrogens (tertiary/aromatic N) is 2. The lowest BCUT2D eigenvalue weighted by atomic mass is 9.77. The third-order valence-electron chi connectivity index (χ3n) is 5.78. The number of rotatable bonds is 7.